The first-order chi connectivity index (χ1) is 6.06. The van der Waals surface area contributed by atoms with Gasteiger partial charge in [0.2, 0.25) is 0 Å². The summed E-state index contributed by atoms with van der Waals surface area (Å²) in [5.41, 5.74) is 1.09. The van der Waals surface area contributed by atoms with E-state index in [1.165, 1.54) is 0 Å². The van der Waals surface area contributed by atoms with Gasteiger partial charge in [-0.2, -0.15) is 0 Å². The van der Waals surface area contributed by atoms with Gasteiger partial charge in [0.15, 0.2) is 0 Å². The molecule has 13 heavy (non-hydrogen) atoms. The van der Waals surface area contributed by atoms with Gasteiger partial charge < -0.3 is 4.74 Å². The summed E-state index contributed by atoms with van der Waals surface area (Å²) in [5, 5.41) is 0. The van der Waals surface area contributed by atoms with Gasteiger partial charge in [-0.25, -0.2) is 4.79 Å². The Hall–Kier alpha value is -0.790. The molecule has 0 aliphatic rings. The van der Waals surface area contributed by atoms with Gasteiger partial charge in [-0.1, -0.05) is 32.8 Å². The van der Waals surface area contributed by atoms with Crippen molar-refractivity contribution >= 4 is 5.97 Å². The normalized spacial score (nSPS) is 11.9. The molecule has 0 spiro atoms. The van der Waals surface area contributed by atoms with E-state index in [0.717, 1.165) is 18.4 Å². The maximum absolute atomic E-state index is 11.1. The molecule has 0 heterocycles. The van der Waals surface area contributed by atoms with Crippen LogP contribution in [0.15, 0.2) is 11.6 Å². The van der Waals surface area contributed by atoms with Crippen LogP contribution in [0, 0.1) is 5.92 Å². The zero-order valence-corrected chi connectivity index (χ0v) is 9.09. The highest BCUT2D eigenvalue weighted by Crippen LogP contribution is 2.03. The molecule has 0 bridgehead atoms. The number of hydrogen-bond donors (Lipinski definition) is 0. The second-order valence-electron chi connectivity index (χ2n) is 3.76. The van der Waals surface area contributed by atoms with Gasteiger partial charge in [0.25, 0.3) is 0 Å². The fraction of sp³-hybridized carbons (Fsp3) is 0.727. The number of ether oxygens (including phenoxy) is 1. The fourth-order valence-electron chi connectivity index (χ4n) is 0.958. The van der Waals surface area contributed by atoms with Crippen LogP contribution in [0.5, 0.6) is 0 Å². The Kier molecular flexibility index (Phi) is 6.29. The first-order valence-corrected chi connectivity index (χ1v) is 4.90. The molecule has 0 unspecified atom stereocenters. The minimum absolute atomic E-state index is 0.209. The average Bonchev–Trinajstić information content (AvgIpc) is 2.01. The maximum Gasteiger partial charge on any atom is 0.330 e. The summed E-state index contributed by atoms with van der Waals surface area (Å²) < 4.78 is 5.01. The summed E-state index contributed by atoms with van der Waals surface area (Å²) in [6.45, 7) is 8.61. The molecule has 76 valence electrons. The second-order valence-corrected chi connectivity index (χ2v) is 3.76. The molecule has 0 saturated carbocycles. The molecular weight excluding hydrogens is 164 g/mol. The summed E-state index contributed by atoms with van der Waals surface area (Å²) in [5.74, 6) is 0.198. The van der Waals surface area contributed by atoms with Crippen molar-refractivity contribution in [2.24, 2.45) is 5.92 Å². The van der Waals surface area contributed by atoms with Crippen LogP contribution in [0.4, 0.5) is 0 Å². The number of allylic oxidation sites excluding steroid dienone is 1. The van der Waals surface area contributed by atoms with Gasteiger partial charge in [0.1, 0.15) is 0 Å². The van der Waals surface area contributed by atoms with Gasteiger partial charge in [-0.3, -0.25) is 0 Å². The van der Waals surface area contributed by atoms with Crippen molar-refractivity contribution in [2.45, 2.75) is 40.5 Å². The Morgan fingerprint density at radius 1 is 1.46 bits per heavy atom. The molecule has 0 saturated heterocycles. The van der Waals surface area contributed by atoms with Gasteiger partial charge in [-0.15, -0.1) is 0 Å². The van der Waals surface area contributed by atoms with E-state index in [0.29, 0.717) is 12.5 Å². The van der Waals surface area contributed by atoms with E-state index in [-0.39, 0.29) is 5.97 Å². The average molecular weight is 184 g/mol. The number of rotatable bonds is 5. The number of hydrogen-bond acceptors (Lipinski definition) is 2. The van der Waals surface area contributed by atoms with Crippen molar-refractivity contribution in [3.8, 4) is 0 Å². The van der Waals surface area contributed by atoms with Crippen molar-refractivity contribution in [1.82, 2.24) is 0 Å². The van der Waals surface area contributed by atoms with E-state index in [9.17, 15) is 4.79 Å². The lowest BCUT2D eigenvalue weighted by Gasteiger charge is -2.04. The monoisotopic (exact) mass is 184 g/mol. The Morgan fingerprint density at radius 2 is 2.08 bits per heavy atom. The molecule has 0 aromatic carbocycles. The summed E-state index contributed by atoms with van der Waals surface area (Å²) in [6, 6.07) is 0. The van der Waals surface area contributed by atoms with E-state index >= 15 is 0 Å². The van der Waals surface area contributed by atoms with Crippen LogP contribution in [-0.4, -0.2) is 12.6 Å². The Bertz CT molecular complexity index is 181. The highest BCUT2D eigenvalue weighted by molar-refractivity contribution is 5.82. The molecule has 0 aliphatic heterocycles. The molecule has 0 atom stereocenters. The largest absolute Gasteiger partial charge is 0.462 e. The molecule has 0 fully saturated rings. The van der Waals surface area contributed by atoms with Crippen LogP contribution in [0.1, 0.15) is 40.5 Å². The standard InChI is InChI=1S/C11H20O2/c1-5-6-10(4)7-11(12)13-8-9(2)3/h7,9H,5-6,8H2,1-4H3/b10-7+. The van der Waals surface area contributed by atoms with E-state index in [1.807, 2.05) is 20.8 Å². The van der Waals surface area contributed by atoms with Crippen molar-refractivity contribution in [3.05, 3.63) is 11.6 Å². The summed E-state index contributed by atoms with van der Waals surface area (Å²) in [7, 11) is 0. The molecule has 0 radical (unpaired) electrons. The van der Waals surface area contributed by atoms with Crippen LogP contribution in [0.3, 0.4) is 0 Å². The predicted molar refractivity (Wildman–Crippen MR) is 54.5 cm³/mol. The first-order valence-electron chi connectivity index (χ1n) is 4.90. The van der Waals surface area contributed by atoms with Gasteiger partial charge in [0, 0.05) is 6.08 Å². The minimum Gasteiger partial charge on any atom is -0.462 e. The molecule has 0 rings (SSSR count). The smallest absolute Gasteiger partial charge is 0.330 e. The zero-order chi connectivity index (χ0) is 10.3. The van der Waals surface area contributed by atoms with Crippen molar-refractivity contribution in [1.29, 1.82) is 0 Å². The van der Waals surface area contributed by atoms with Crippen LogP contribution >= 0.6 is 0 Å². The Labute approximate surface area is 81.0 Å². The molecule has 2 heteroatoms. The maximum atomic E-state index is 11.1. The van der Waals surface area contributed by atoms with Crippen LogP contribution in [0.2, 0.25) is 0 Å². The molecule has 2 nitrogen and oxygen atoms in total. The molecule has 0 aromatic rings. The summed E-state index contributed by atoms with van der Waals surface area (Å²) in [4.78, 5) is 11.1. The third kappa shape index (κ3) is 7.57. The fourth-order valence-corrected chi connectivity index (χ4v) is 0.958. The van der Waals surface area contributed by atoms with Gasteiger partial charge >= 0.3 is 5.97 Å². The van der Waals surface area contributed by atoms with Crippen molar-refractivity contribution < 1.29 is 9.53 Å². The van der Waals surface area contributed by atoms with E-state index in [1.54, 1.807) is 6.08 Å². The number of esters is 1. The lowest BCUT2D eigenvalue weighted by molar-refractivity contribution is -0.138. The Morgan fingerprint density at radius 3 is 2.54 bits per heavy atom. The van der Waals surface area contributed by atoms with Crippen LogP contribution in [-0.2, 0) is 9.53 Å². The lowest BCUT2D eigenvalue weighted by Crippen LogP contribution is -2.07. The molecule has 0 aromatic heterocycles. The zero-order valence-electron chi connectivity index (χ0n) is 9.09. The SMILES string of the molecule is CCC/C(C)=C/C(=O)OCC(C)C. The third-order valence-electron chi connectivity index (χ3n) is 1.57. The predicted octanol–water partition coefficient (Wildman–Crippen LogP) is 2.93. The highest BCUT2D eigenvalue weighted by Gasteiger charge is 2.00. The van der Waals surface area contributed by atoms with E-state index in [4.69, 9.17) is 4.74 Å². The molecular formula is C11H20O2. The second kappa shape index (κ2) is 6.70. The molecule has 0 amide bonds. The number of carbonyl (C=O) groups excluding carboxylic acids is 1. The van der Waals surface area contributed by atoms with E-state index in [2.05, 4.69) is 6.92 Å². The van der Waals surface area contributed by atoms with Gasteiger partial charge in [0.05, 0.1) is 6.61 Å². The summed E-state index contributed by atoms with van der Waals surface area (Å²) >= 11 is 0. The Balaban J connectivity index is 3.78. The van der Waals surface area contributed by atoms with Crippen LogP contribution < -0.4 is 0 Å². The van der Waals surface area contributed by atoms with Crippen molar-refractivity contribution in [3.63, 3.8) is 0 Å². The highest BCUT2D eigenvalue weighted by atomic mass is 16.5. The molecule has 0 aliphatic carbocycles. The minimum atomic E-state index is -0.209. The van der Waals surface area contributed by atoms with Crippen LogP contribution in [0.25, 0.3) is 0 Å². The number of carbonyl (C=O) groups is 1. The summed E-state index contributed by atoms with van der Waals surface area (Å²) in [6.07, 6.45) is 3.63. The lowest BCUT2D eigenvalue weighted by atomic mass is 10.2. The van der Waals surface area contributed by atoms with Gasteiger partial charge in [-0.05, 0) is 19.3 Å². The first kappa shape index (κ1) is 12.2. The van der Waals surface area contributed by atoms with E-state index < -0.39 is 0 Å². The quantitative estimate of drug-likeness (QED) is 0.485. The molecule has 0 N–H and O–H groups in total. The topological polar surface area (TPSA) is 26.3 Å². The third-order valence-corrected chi connectivity index (χ3v) is 1.57. The van der Waals surface area contributed by atoms with Crippen molar-refractivity contribution in [2.75, 3.05) is 6.61 Å².